The number of piperidine rings is 1. The molecule has 1 aliphatic heterocycles. The fourth-order valence-electron chi connectivity index (χ4n) is 3.48. The molecule has 2 atom stereocenters. The van der Waals surface area contributed by atoms with E-state index in [0.717, 1.165) is 6.42 Å². The highest BCUT2D eigenvalue weighted by Crippen LogP contribution is 2.24. The number of rotatable bonds is 3. The van der Waals surface area contributed by atoms with Crippen LogP contribution in [0.15, 0.2) is 41.2 Å². The molecule has 2 heterocycles. The first kappa shape index (κ1) is 17.2. The number of benzene rings is 1. The standard InChI is InChI=1S/C19H23N3O3/c1-13-9-14(2)12-21(11-13)19(24)18-16(25-3)10-17(23)22(20-18)15-7-5-4-6-8-15/h4-8,10,13-14H,9,11-12H2,1-3H3/t13-,14-/m0/s1. The highest BCUT2D eigenvalue weighted by atomic mass is 16.5. The van der Waals surface area contributed by atoms with Gasteiger partial charge in [-0.3, -0.25) is 9.59 Å². The minimum atomic E-state index is -0.333. The Balaban J connectivity index is 2.02. The number of carbonyl (C=O) groups is 1. The average molecular weight is 341 g/mol. The van der Waals surface area contributed by atoms with Gasteiger partial charge in [0.15, 0.2) is 11.4 Å². The molecule has 1 aromatic heterocycles. The van der Waals surface area contributed by atoms with Crippen molar-refractivity contribution in [2.24, 2.45) is 11.8 Å². The molecule has 0 spiro atoms. The number of carbonyl (C=O) groups excluding carboxylic acids is 1. The predicted molar refractivity (Wildman–Crippen MR) is 95.2 cm³/mol. The first-order valence-electron chi connectivity index (χ1n) is 8.52. The molecule has 0 radical (unpaired) electrons. The second kappa shape index (κ2) is 7.09. The first-order valence-corrected chi connectivity index (χ1v) is 8.52. The Morgan fingerprint density at radius 3 is 2.40 bits per heavy atom. The lowest BCUT2D eigenvalue weighted by Crippen LogP contribution is -2.43. The molecule has 0 saturated carbocycles. The number of aromatic nitrogens is 2. The van der Waals surface area contributed by atoms with Crippen LogP contribution in [0.1, 0.15) is 30.8 Å². The van der Waals surface area contributed by atoms with E-state index in [1.54, 1.807) is 12.1 Å². The average Bonchev–Trinajstić information content (AvgIpc) is 2.60. The van der Waals surface area contributed by atoms with Gasteiger partial charge in [0.25, 0.3) is 11.5 Å². The number of methoxy groups -OCH3 is 1. The van der Waals surface area contributed by atoms with Crippen molar-refractivity contribution in [3.05, 3.63) is 52.4 Å². The van der Waals surface area contributed by atoms with Crippen LogP contribution in [0.3, 0.4) is 0 Å². The number of ether oxygens (including phenoxy) is 1. The van der Waals surface area contributed by atoms with Crippen molar-refractivity contribution in [3.63, 3.8) is 0 Å². The molecule has 1 saturated heterocycles. The minimum Gasteiger partial charge on any atom is -0.494 e. The maximum atomic E-state index is 13.0. The van der Waals surface area contributed by atoms with E-state index in [4.69, 9.17) is 4.74 Å². The van der Waals surface area contributed by atoms with E-state index >= 15 is 0 Å². The van der Waals surface area contributed by atoms with E-state index < -0.39 is 0 Å². The molecule has 25 heavy (non-hydrogen) atoms. The first-order chi connectivity index (χ1) is 12.0. The highest BCUT2D eigenvalue weighted by molar-refractivity contribution is 5.94. The second-order valence-corrected chi connectivity index (χ2v) is 6.80. The van der Waals surface area contributed by atoms with Gasteiger partial charge in [0.1, 0.15) is 0 Å². The van der Waals surface area contributed by atoms with Gasteiger partial charge in [-0.2, -0.15) is 9.78 Å². The summed E-state index contributed by atoms with van der Waals surface area (Å²) >= 11 is 0. The van der Waals surface area contributed by atoms with E-state index in [1.807, 2.05) is 23.1 Å². The molecular formula is C19H23N3O3. The summed E-state index contributed by atoms with van der Waals surface area (Å²) in [5, 5.41) is 4.33. The molecule has 1 fully saturated rings. The van der Waals surface area contributed by atoms with Gasteiger partial charge in [-0.15, -0.1) is 0 Å². The molecule has 1 aliphatic rings. The minimum absolute atomic E-state index is 0.173. The second-order valence-electron chi connectivity index (χ2n) is 6.80. The van der Waals surface area contributed by atoms with Gasteiger partial charge in [-0.05, 0) is 30.4 Å². The largest absolute Gasteiger partial charge is 0.494 e. The molecule has 3 rings (SSSR count). The van der Waals surface area contributed by atoms with Gasteiger partial charge >= 0.3 is 0 Å². The summed E-state index contributed by atoms with van der Waals surface area (Å²) in [6.07, 6.45) is 1.11. The molecule has 6 heteroatoms. The Morgan fingerprint density at radius 1 is 1.16 bits per heavy atom. The third-order valence-corrected chi connectivity index (χ3v) is 4.48. The van der Waals surface area contributed by atoms with E-state index in [2.05, 4.69) is 18.9 Å². The smallest absolute Gasteiger partial charge is 0.278 e. The molecule has 1 aromatic carbocycles. The molecule has 1 amide bonds. The van der Waals surface area contributed by atoms with Gasteiger partial charge < -0.3 is 9.64 Å². The Bertz CT molecular complexity index is 806. The summed E-state index contributed by atoms with van der Waals surface area (Å²) in [5.41, 5.74) is 0.455. The third kappa shape index (κ3) is 3.57. The Hall–Kier alpha value is -2.63. The third-order valence-electron chi connectivity index (χ3n) is 4.48. The van der Waals surface area contributed by atoms with E-state index in [1.165, 1.54) is 17.9 Å². The molecule has 0 bridgehead atoms. The highest BCUT2D eigenvalue weighted by Gasteiger charge is 2.29. The number of para-hydroxylation sites is 1. The van der Waals surface area contributed by atoms with E-state index in [-0.39, 0.29) is 22.9 Å². The zero-order valence-electron chi connectivity index (χ0n) is 14.8. The molecule has 0 N–H and O–H groups in total. The van der Waals surface area contributed by atoms with Crippen LogP contribution in [0.5, 0.6) is 5.75 Å². The number of amides is 1. The molecule has 0 unspecified atom stereocenters. The normalized spacial score (nSPS) is 20.4. The van der Waals surface area contributed by atoms with Crippen molar-refractivity contribution in [2.75, 3.05) is 20.2 Å². The molecule has 132 valence electrons. The monoisotopic (exact) mass is 341 g/mol. The van der Waals surface area contributed by atoms with Crippen LogP contribution in [0.2, 0.25) is 0 Å². The van der Waals surface area contributed by atoms with Crippen molar-refractivity contribution in [2.45, 2.75) is 20.3 Å². The summed E-state index contributed by atoms with van der Waals surface area (Å²) in [6, 6.07) is 10.4. The summed E-state index contributed by atoms with van der Waals surface area (Å²) in [6.45, 7) is 5.67. The molecule has 6 nitrogen and oxygen atoms in total. The van der Waals surface area contributed by atoms with Gasteiger partial charge in [0.05, 0.1) is 18.9 Å². The van der Waals surface area contributed by atoms with Crippen LogP contribution in [0, 0.1) is 11.8 Å². The van der Waals surface area contributed by atoms with Crippen LogP contribution >= 0.6 is 0 Å². The maximum Gasteiger partial charge on any atom is 0.278 e. The zero-order valence-corrected chi connectivity index (χ0v) is 14.8. The van der Waals surface area contributed by atoms with Crippen molar-refractivity contribution < 1.29 is 9.53 Å². The number of nitrogens with zero attached hydrogens (tertiary/aromatic N) is 3. The fourth-order valence-corrected chi connectivity index (χ4v) is 3.48. The van der Waals surface area contributed by atoms with E-state index in [0.29, 0.717) is 30.6 Å². The Kier molecular flexibility index (Phi) is 4.88. The van der Waals surface area contributed by atoms with Gasteiger partial charge in [0, 0.05) is 13.1 Å². The number of likely N-dealkylation sites (tertiary alicyclic amines) is 1. The van der Waals surface area contributed by atoms with Gasteiger partial charge in [-0.1, -0.05) is 32.0 Å². The van der Waals surface area contributed by atoms with Crippen molar-refractivity contribution in [1.82, 2.24) is 14.7 Å². The SMILES string of the molecule is COc1cc(=O)n(-c2ccccc2)nc1C(=O)N1C[C@@H](C)C[C@H](C)C1. The number of hydrogen-bond donors (Lipinski definition) is 0. The van der Waals surface area contributed by atoms with Crippen molar-refractivity contribution >= 4 is 5.91 Å². The summed E-state index contributed by atoms with van der Waals surface area (Å²) < 4.78 is 6.50. The van der Waals surface area contributed by atoms with Crippen molar-refractivity contribution in [1.29, 1.82) is 0 Å². The molecule has 2 aromatic rings. The Morgan fingerprint density at radius 2 is 1.80 bits per heavy atom. The zero-order chi connectivity index (χ0) is 18.0. The van der Waals surface area contributed by atoms with Crippen LogP contribution in [-0.2, 0) is 0 Å². The quantitative estimate of drug-likeness (QED) is 0.860. The fraction of sp³-hybridized carbons (Fsp3) is 0.421. The van der Waals surface area contributed by atoms with Gasteiger partial charge in [-0.25, -0.2) is 0 Å². The topological polar surface area (TPSA) is 64.4 Å². The molecule has 0 aliphatic carbocycles. The lowest BCUT2D eigenvalue weighted by Gasteiger charge is -2.34. The van der Waals surface area contributed by atoms with Crippen LogP contribution < -0.4 is 10.3 Å². The lowest BCUT2D eigenvalue weighted by molar-refractivity contribution is 0.0611. The summed E-state index contributed by atoms with van der Waals surface area (Å²) in [4.78, 5) is 27.2. The number of hydrogen-bond acceptors (Lipinski definition) is 4. The summed E-state index contributed by atoms with van der Waals surface area (Å²) in [7, 11) is 1.45. The van der Waals surface area contributed by atoms with E-state index in [9.17, 15) is 9.59 Å². The summed E-state index contributed by atoms with van der Waals surface area (Å²) in [5.74, 6) is 0.908. The van der Waals surface area contributed by atoms with Crippen LogP contribution in [0.25, 0.3) is 5.69 Å². The maximum absolute atomic E-state index is 13.0. The van der Waals surface area contributed by atoms with Crippen LogP contribution in [0.4, 0.5) is 0 Å². The van der Waals surface area contributed by atoms with Gasteiger partial charge in [0.2, 0.25) is 0 Å². The Labute approximate surface area is 147 Å². The predicted octanol–water partition coefficient (Wildman–Crippen LogP) is 2.36. The van der Waals surface area contributed by atoms with Crippen molar-refractivity contribution in [3.8, 4) is 11.4 Å². The lowest BCUT2D eigenvalue weighted by atomic mass is 9.92. The van der Waals surface area contributed by atoms with Crippen LogP contribution in [-0.4, -0.2) is 40.8 Å². The molecular weight excluding hydrogens is 318 g/mol.